The number of hydrogen-bond donors (Lipinski definition) is 2. The number of anilines is 2. The molecule has 1 amide bonds. The molecule has 6 nitrogen and oxygen atoms in total. The first-order valence-corrected chi connectivity index (χ1v) is 7.72. The molecule has 24 heavy (non-hydrogen) atoms. The zero-order valence-corrected chi connectivity index (χ0v) is 13.7. The minimum Gasteiger partial charge on any atom is -0.493 e. The number of amides is 1. The fourth-order valence-electron chi connectivity index (χ4n) is 2.41. The van der Waals surface area contributed by atoms with Crippen molar-refractivity contribution in [3.63, 3.8) is 0 Å². The van der Waals surface area contributed by atoms with Crippen LogP contribution in [0.1, 0.15) is 17.5 Å². The molecule has 2 aromatic rings. The molecule has 0 spiro atoms. The van der Waals surface area contributed by atoms with Crippen molar-refractivity contribution < 1.29 is 19.0 Å². The van der Waals surface area contributed by atoms with E-state index in [1.165, 1.54) is 0 Å². The minimum atomic E-state index is -0.175. The average Bonchev–Trinajstić information content (AvgIpc) is 2.99. The SMILES string of the molecule is Cc1cccc(OCCC(=O)Nc2cc3c(cc2N)OCO3)c1C. The minimum absolute atomic E-state index is 0.163. The van der Waals surface area contributed by atoms with Crippen LogP contribution in [0.15, 0.2) is 30.3 Å². The zero-order chi connectivity index (χ0) is 17.1. The van der Waals surface area contributed by atoms with Gasteiger partial charge in [0.25, 0.3) is 0 Å². The van der Waals surface area contributed by atoms with E-state index in [1.807, 2.05) is 32.0 Å². The Morgan fingerprint density at radius 1 is 1.25 bits per heavy atom. The summed E-state index contributed by atoms with van der Waals surface area (Å²) in [6.07, 6.45) is 0.223. The van der Waals surface area contributed by atoms with Crippen molar-refractivity contribution in [3.05, 3.63) is 41.5 Å². The molecule has 0 bridgehead atoms. The van der Waals surface area contributed by atoms with Crippen LogP contribution in [0.5, 0.6) is 17.2 Å². The summed E-state index contributed by atoms with van der Waals surface area (Å²) in [5.41, 5.74) is 9.10. The summed E-state index contributed by atoms with van der Waals surface area (Å²) < 4.78 is 16.2. The first-order valence-electron chi connectivity index (χ1n) is 7.72. The second-order valence-electron chi connectivity index (χ2n) is 5.64. The molecule has 126 valence electrons. The molecule has 1 aliphatic heterocycles. The average molecular weight is 328 g/mol. The van der Waals surface area contributed by atoms with Crippen LogP contribution >= 0.6 is 0 Å². The number of fused-ring (bicyclic) bond motifs is 1. The molecule has 2 aromatic carbocycles. The van der Waals surface area contributed by atoms with Gasteiger partial charge in [-0.25, -0.2) is 0 Å². The van der Waals surface area contributed by atoms with Gasteiger partial charge in [-0.15, -0.1) is 0 Å². The van der Waals surface area contributed by atoms with Crippen molar-refractivity contribution in [2.24, 2.45) is 0 Å². The molecule has 0 aliphatic carbocycles. The molecule has 3 rings (SSSR count). The zero-order valence-electron chi connectivity index (χ0n) is 13.7. The van der Waals surface area contributed by atoms with Gasteiger partial charge < -0.3 is 25.3 Å². The van der Waals surface area contributed by atoms with E-state index in [0.717, 1.165) is 16.9 Å². The summed E-state index contributed by atoms with van der Waals surface area (Å²) in [6.45, 7) is 4.48. The van der Waals surface area contributed by atoms with Crippen LogP contribution in [0.25, 0.3) is 0 Å². The number of ether oxygens (including phenoxy) is 3. The third kappa shape index (κ3) is 3.37. The Morgan fingerprint density at radius 3 is 2.79 bits per heavy atom. The third-order valence-corrected chi connectivity index (χ3v) is 3.96. The summed E-state index contributed by atoms with van der Waals surface area (Å²) in [5.74, 6) is 1.78. The first-order chi connectivity index (χ1) is 11.5. The van der Waals surface area contributed by atoms with E-state index in [9.17, 15) is 4.79 Å². The number of nitrogens with two attached hydrogens (primary N) is 1. The lowest BCUT2D eigenvalue weighted by Gasteiger charge is -2.12. The fourth-order valence-corrected chi connectivity index (χ4v) is 2.41. The smallest absolute Gasteiger partial charge is 0.231 e. The maximum Gasteiger partial charge on any atom is 0.231 e. The Bertz CT molecular complexity index is 774. The number of carbonyl (C=O) groups excluding carboxylic acids is 1. The van der Waals surface area contributed by atoms with Gasteiger partial charge in [0.1, 0.15) is 5.75 Å². The van der Waals surface area contributed by atoms with Crippen LogP contribution < -0.4 is 25.3 Å². The number of benzene rings is 2. The fraction of sp³-hybridized carbons (Fsp3) is 0.278. The van der Waals surface area contributed by atoms with Gasteiger partial charge in [-0.2, -0.15) is 0 Å². The molecule has 3 N–H and O–H groups in total. The standard InChI is InChI=1S/C18H20N2O4/c1-11-4-3-5-15(12(11)2)22-7-6-18(21)20-14-9-17-16(8-13(14)19)23-10-24-17/h3-5,8-9H,6-7,10,19H2,1-2H3,(H,20,21). The van der Waals surface area contributed by atoms with Gasteiger partial charge in [-0.1, -0.05) is 12.1 Å². The largest absolute Gasteiger partial charge is 0.493 e. The van der Waals surface area contributed by atoms with Gasteiger partial charge in [0.05, 0.1) is 24.4 Å². The lowest BCUT2D eigenvalue weighted by Crippen LogP contribution is -2.16. The third-order valence-electron chi connectivity index (χ3n) is 3.96. The van der Waals surface area contributed by atoms with Crippen LogP contribution in [0.3, 0.4) is 0 Å². The summed E-state index contributed by atoms with van der Waals surface area (Å²) >= 11 is 0. The molecule has 0 atom stereocenters. The highest BCUT2D eigenvalue weighted by Gasteiger charge is 2.17. The van der Waals surface area contributed by atoms with Crippen LogP contribution in [0.2, 0.25) is 0 Å². The van der Waals surface area contributed by atoms with Gasteiger partial charge in [0.15, 0.2) is 11.5 Å². The second kappa shape index (κ2) is 6.70. The Labute approximate surface area is 140 Å². The lowest BCUT2D eigenvalue weighted by atomic mass is 10.1. The quantitative estimate of drug-likeness (QED) is 0.824. The second-order valence-corrected chi connectivity index (χ2v) is 5.64. The normalized spacial score (nSPS) is 12.1. The van der Waals surface area contributed by atoms with Crippen molar-refractivity contribution in [1.82, 2.24) is 0 Å². The first kappa shape index (κ1) is 16.0. The predicted molar refractivity (Wildman–Crippen MR) is 91.6 cm³/mol. The number of hydrogen-bond acceptors (Lipinski definition) is 5. The molecule has 6 heteroatoms. The van der Waals surface area contributed by atoms with Gasteiger partial charge in [0, 0.05) is 12.1 Å². The van der Waals surface area contributed by atoms with E-state index in [2.05, 4.69) is 5.32 Å². The van der Waals surface area contributed by atoms with E-state index < -0.39 is 0 Å². The van der Waals surface area contributed by atoms with Crippen LogP contribution in [0, 0.1) is 13.8 Å². The Kier molecular flexibility index (Phi) is 4.46. The number of rotatable bonds is 5. The van der Waals surface area contributed by atoms with E-state index >= 15 is 0 Å². The number of aryl methyl sites for hydroxylation is 1. The number of carbonyl (C=O) groups is 1. The molecular weight excluding hydrogens is 308 g/mol. The van der Waals surface area contributed by atoms with Gasteiger partial charge in [0.2, 0.25) is 12.7 Å². The van der Waals surface area contributed by atoms with Crippen molar-refractivity contribution in [2.75, 3.05) is 24.5 Å². The van der Waals surface area contributed by atoms with Crippen molar-refractivity contribution >= 4 is 17.3 Å². The number of nitrogens with one attached hydrogen (secondary N) is 1. The summed E-state index contributed by atoms with van der Waals surface area (Å²) in [6, 6.07) is 9.17. The van der Waals surface area contributed by atoms with Crippen molar-refractivity contribution in [2.45, 2.75) is 20.3 Å². The predicted octanol–water partition coefficient (Wildman–Crippen LogP) is 3.02. The molecule has 1 aliphatic rings. The highest BCUT2D eigenvalue weighted by molar-refractivity contribution is 5.94. The van der Waals surface area contributed by atoms with Crippen LogP contribution in [0.4, 0.5) is 11.4 Å². The molecule has 1 heterocycles. The van der Waals surface area contributed by atoms with Gasteiger partial charge in [-0.05, 0) is 31.0 Å². The highest BCUT2D eigenvalue weighted by Crippen LogP contribution is 2.38. The maximum absolute atomic E-state index is 12.1. The molecular formula is C18H20N2O4. The molecule has 0 aromatic heterocycles. The molecule has 0 saturated carbocycles. The van der Waals surface area contributed by atoms with E-state index in [1.54, 1.807) is 12.1 Å². The van der Waals surface area contributed by atoms with Crippen molar-refractivity contribution in [1.29, 1.82) is 0 Å². The molecule has 0 saturated heterocycles. The van der Waals surface area contributed by atoms with E-state index in [-0.39, 0.29) is 19.1 Å². The Hall–Kier alpha value is -2.89. The van der Waals surface area contributed by atoms with E-state index in [0.29, 0.717) is 29.5 Å². The van der Waals surface area contributed by atoms with Crippen LogP contribution in [-0.2, 0) is 4.79 Å². The Balaban J connectivity index is 1.56. The molecule has 0 unspecified atom stereocenters. The van der Waals surface area contributed by atoms with Crippen molar-refractivity contribution in [3.8, 4) is 17.2 Å². The summed E-state index contributed by atoms with van der Waals surface area (Å²) in [7, 11) is 0. The maximum atomic E-state index is 12.1. The van der Waals surface area contributed by atoms with Crippen LogP contribution in [-0.4, -0.2) is 19.3 Å². The molecule has 0 fully saturated rings. The monoisotopic (exact) mass is 328 g/mol. The number of nitrogen functional groups attached to an aromatic ring is 1. The lowest BCUT2D eigenvalue weighted by molar-refractivity contribution is -0.116. The Morgan fingerprint density at radius 2 is 2.00 bits per heavy atom. The topological polar surface area (TPSA) is 82.8 Å². The van der Waals surface area contributed by atoms with Gasteiger partial charge in [-0.3, -0.25) is 4.79 Å². The summed E-state index contributed by atoms with van der Waals surface area (Å²) in [4.78, 5) is 12.1. The summed E-state index contributed by atoms with van der Waals surface area (Å²) in [5, 5.41) is 2.77. The molecule has 0 radical (unpaired) electrons. The van der Waals surface area contributed by atoms with E-state index in [4.69, 9.17) is 19.9 Å². The highest BCUT2D eigenvalue weighted by atomic mass is 16.7. The van der Waals surface area contributed by atoms with Gasteiger partial charge >= 0.3 is 0 Å².